The van der Waals surface area contributed by atoms with Gasteiger partial charge in [-0.05, 0) is 114 Å². The summed E-state index contributed by atoms with van der Waals surface area (Å²) in [5.74, 6) is 1.83. The van der Waals surface area contributed by atoms with Crippen LogP contribution in [0.2, 0.25) is 0 Å². The normalized spacial score (nSPS) is 16.1. The quantitative estimate of drug-likeness (QED) is 0.187. The monoisotopic (exact) mass is 582 g/mol. The van der Waals surface area contributed by atoms with Gasteiger partial charge in [0.25, 0.3) is 0 Å². The summed E-state index contributed by atoms with van der Waals surface area (Å²) in [4.78, 5) is 0. The molecule has 8 aromatic carbocycles. The first-order valence-electron chi connectivity index (χ1n) is 16.0. The molecule has 1 heterocycles. The van der Waals surface area contributed by atoms with E-state index in [2.05, 4.69) is 158 Å². The summed E-state index contributed by atoms with van der Waals surface area (Å²) in [6.45, 7) is 0. The second kappa shape index (κ2) is 8.62. The van der Waals surface area contributed by atoms with Crippen molar-refractivity contribution in [3.8, 4) is 56.0 Å². The summed E-state index contributed by atoms with van der Waals surface area (Å²) in [5.41, 5.74) is 15.1. The van der Waals surface area contributed by atoms with Gasteiger partial charge in [-0.25, -0.2) is 0 Å². The molecule has 0 radical (unpaired) electrons. The molecule has 0 fully saturated rings. The predicted molar refractivity (Wildman–Crippen MR) is 189 cm³/mol. The van der Waals surface area contributed by atoms with E-state index in [-0.39, 0.29) is 0 Å². The van der Waals surface area contributed by atoms with Crippen LogP contribution in [0.1, 0.15) is 22.3 Å². The summed E-state index contributed by atoms with van der Waals surface area (Å²) < 4.78 is 6.58. The SMILES string of the molecule is c1ccc2c(c1)-c1ccc(-c3ccc4c(c3)Oc3cccc5cccc-4c35)cc1C21c2ccccc2-c2cc3ccccc3cc21. The van der Waals surface area contributed by atoms with Crippen molar-refractivity contribution < 1.29 is 4.74 Å². The van der Waals surface area contributed by atoms with Crippen molar-refractivity contribution in [3.63, 3.8) is 0 Å². The molecule has 0 saturated carbocycles. The first-order chi connectivity index (χ1) is 22.8. The Morgan fingerprint density at radius 3 is 1.70 bits per heavy atom. The van der Waals surface area contributed by atoms with Crippen LogP contribution in [0.25, 0.3) is 66.1 Å². The zero-order valence-corrected chi connectivity index (χ0v) is 24.9. The number of hydrogen-bond donors (Lipinski definition) is 0. The smallest absolute Gasteiger partial charge is 0.135 e. The average molecular weight is 583 g/mol. The standard InChI is InChI=1S/C45H26O/c1-2-10-29-24-41-37(23-28(29)9-1)33-14-4-6-17-39(33)45(41)38-16-5-3-13-32(38)34-21-19-30(25-40(34)45)31-20-22-35-36-15-7-11-27-12-8-18-42(44(27)36)46-43(35)26-31/h1-26H. The Bertz CT molecular complexity index is 2620. The highest BCUT2D eigenvalue weighted by atomic mass is 16.5. The molecule has 11 rings (SSSR count). The highest BCUT2D eigenvalue weighted by molar-refractivity contribution is 6.05. The first-order valence-corrected chi connectivity index (χ1v) is 16.0. The molecule has 1 heteroatoms. The third-order valence-corrected chi connectivity index (χ3v) is 10.6. The van der Waals surface area contributed by atoms with Gasteiger partial charge in [0.15, 0.2) is 0 Å². The number of hydrogen-bond acceptors (Lipinski definition) is 1. The molecule has 3 aliphatic rings. The van der Waals surface area contributed by atoms with Crippen molar-refractivity contribution >= 4 is 21.5 Å². The molecule has 212 valence electrons. The molecule has 1 atom stereocenters. The molecule has 46 heavy (non-hydrogen) atoms. The highest BCUT2D eigenvalue weighted by Gasteiger charge is 2.51. The molecule has 1 nitrogen and oxygen atoms in total. The molecule has 0 amide bonds. The van der Waals surface area contributed by atoms with E-state index < -0.39 is 5.41 Å². The minimum absolute atomic E-state index is 0.392. The Morgan fingerprint density at radius 1 is 0.326 bits per heavy atom. The fourth-order valence-corrected chi connectivity index (χ4v) is 8.75. The molecule has 0 bridgehead atoms. The molecule has 0 saturated heterocycles. The van der Waals surface area contributed by atoms with Gasteiger partial charge in [0, 0.05) is 10.9 Å². The van der Waals surface area contributed by atoms with Crippen LogP contribution in [0.5, 0.6) is 11.5 Å². The summed E-state index contributed by atoms with van der Waals surface area (Å²) in [7, 11) is 0. The molecule has 2 aliphatic carbocycles. The van der Waals surface area contributed by atoms with Crippen LogP contribution in [-0.2, 0) is 5.41 Å². The van der Waals surface area contributed by atoms with Gasteiger partial charge in [-0.15, -0.1) is 0 Å². The topological polar surface area (TPSA) is 9.23 Å². The molecule has 1 aliphatic heterocycles. The lowest BCUT2D eigenvalue weighted by Crippen LogP contribution is -2.25. The van der Waals surface area contributed by atoms with Crippen LogP contribution in [0.15, 0.2) is 158 Å². The van der Waals surface area contributed by atoms with Crippen LogP contribution in [0.3, 0.4) is 0 Å². The molecule has 1 spiro atoms. The summed E-state index contributed by atoms with van der Waals surface area (Å²) in [6.07, 6.45) is 0. The molecule has 8 aromatic rings. The van der Waals surface area contributed by atoms with Crippen LogP contribution in [0, 0.1) is 0 Å². The fourth-order valence-electron chi connectivity index (χ4n) is 8.75. The second-order valence-electron chi connectivity index (χ2n) is 12.8. The Morgan fingerprint density at radius 2 is 0.891 bits per heavy atom. The van der Waals surface area contributed by atoms with E-state index >= 15 is 0 Å². The zero-order chi connectivity index (χ0) is 30.0. The Hall–Kier alpha value is -5.92. The second-order valence-corrected chi connectivity index (χ2v) is 12.8. The molecule has 0 aromatic heterocycles. The zero-order valence-electron chi connectivity index (χ0n) is 24.9. The third kappa shape index (κ3) is 2.96. The van der Waals surface area contributed by atoms with Crippen molar-refractivity contribution in [2.45, 2.75) is 5.41 Å². The van der Waals surface area contributed by atoms with Gasteiger partial charge in [0.1, 0.15) is 11.5 Å². The molecule has 0 N–H and O–H groups in total. The first kappa shape index (κ1) is 24.4. The van der Waals surface area contributed by atoms with Crippen LogP contribution < -0.4 is 4.74 Å². The molecular weight excluding hydrogens is 556 g/mol. The summed E-state index contributed by atoms with van der Waals surface area (Å²) in [6, 6.07) is 58.3. The van der Waals surface area contributed by atoms with Gasteiger partial charge in [-0.3, -0.25) is 0 Å². The van der Waals surface area contributed by atoms with Gasteiger partial charge in [0.2, 0.25) is 0 Å². The minimum Gasteiger partial charge on any atom is -0.456 e. The highest BCUT2D eigenvalue weighted by Crippen LogP contribution is 2.63. The van der Waals surface area contributed by atoms with Crippen molar-refractivity contribution in [2.24, 2.45) is 0 Å². The third-order valence-electron chi connectivity index (χ3n) is 10.6. The van der Waals surface area contributed by atoms with Gasteiger partial charge >= 0.3 is 0 Å². The number of fused-ring (bicyclic) bond motifs is 13. The maximum absolute atomic E-state index is 6.58. The van der Waals surface area contributed by atoms with Gasteiger partial charge in [-0.1, -0.05) is 121 Å². The lowest BCUT2D eigenvalue weighted by Gasteiger charge is -2.31. The van der Waals surface area contributed by atoms with E-state index in [4.69, 9.17) is 4.74 Å². The van der Waals surface area contributed by atoms with Crippen molar-refractivity contribution in [3.05, 3.63) is 180 Å². The van der Waals surface area contributed by atoms with Crippen LogP contribution in [-0.4, -0.2) is 0 Å². The van der Waals surface area contributed by atoms with E-state index in [1.165, 1.54) is 77.2 Å². The molecular formula is C45H26O. The number of benzene rings is 8. The lowest BCUT2D eigenvalue weighted by molar-refractivity contribution is 0.487. The maximum Gasteiger partial charge on any atom is 0.135 e. The largest absolute Gasteiger partial charge is 0.456 e. The average Bonchev–Trinajstić information content (AvgIpc) is 3.57. The predicted octanol–water partition coefficient (Wildman–Crippen LogP) is 11.8. The van der Waals surface area contributed by atoms with E-state index in [1.54, 1.807) is 0 Å². The fraction of sp³-hybridized carbons (Fsp3) is 0.0222. The van der Waals surface area contributed by atoms with Crippen LogP contribution >= 0.6 is 0 Å². The van der Waals surface area contributed by atoms with Crippen molar-refractivity contribution in [1.82, 2.24) is 0 Å². The Balaban J connectivity index is 1.16. The minimum atomic E-state index is -0.392. The summed E-state index contributed by atoms with van der Waals surface area (Å²) in [5, 5.41) is 4.95. The lowest BCUT2D eigenvalue weighted by atomic mass is 9.70. The summed E-state index contributed by atoms with van der Waals surface area (Å²) >= 11 is 0. The number of ether oxygens (including phenoxy) is 1. The van der Waals surface area contributed by atoms with E-state index in [9.17, 15) is 0 Å². The van der Waals surface area contributed by atoms with Crippen LogP contribution in [0.4, 0.5) is 0 Å². The molecule has 1 unspecified atom stereocenters. The maximum atomic E-state index is 6.58. The number of rotatable bonds is 1. The van der Waals surface area contributed by atoms with E-state index in [1.807, 2.05) is 0 Å². The van der Waals surface area contributed by atoms with E-state index in [0.717, 1.165) is 22.6 Å². The van der Waals surface area contributed by atoms with Crippen molar-refractivity contribution in [2.75, 3.05) is 0 Å². The Kier molecular flexibility index (Phi) is 4.57. The van der Waals surface area contributed by atoms with Gasteiger partial charge in [-0.2, -0.15) is 0 Å². The van der Waals surface area contributed by atoms with E-state index in [0.29, 0.717) is 0 Å². The Labute approximate surface area is 267 Å². The van der Waals surface area contributed by atoms with Crippen molar-refractivity contribution in [1.29, 1.82) is 0 Å². The van der Waals surface area contributed by atoms with Gasteiger partial charge < -0.3 is 4.74 Å². The van der Waals surface area contributed by atoms with Gasteiger partial charge in [0.05, 0.1) is 5.41 Å².